The number of hydrogen-bond donors (Lipinski definition) is 0. The molecule has 0 bridgehead atoms. The van der Waals surface area contributed by atoms with Crippen molar-refractivity contribution in [3.05, 3.63) is 0 Å². The van der Waals surface area contributed by atoms with Crippen LogP contribution in [0.15, 0.2) is 4.99 Å². The Kier molecular flexibility index (Phi) is 1.11. The minimum absolute atomic E-state index is 0.895. The minimum Gasteiger partial charge on any atom is -0.282 e. The van der Waals surface area contributed by atoms with Crippen LogP contribution in [0.2, 0.25) is 0 Å². The largest absolute Gasteiger partial charge is 0.282 e. The summed E-state index contributed by atoms with van der Waals surface area (Å²) >= 11 is 0. The molecule has 1 aliphatic heterocycles. The highest BCUT2D eigenvalue weighted by Gasteiger charge is 2.04. The van der Waals surface area contributed by atoms with Gasteiger partial charge in [0.2, 0.25) is 0 Å². The number of aliphatic imine (C=N–C) groups is 1. The van der Waals surface area contributed by atoms with Crippen LogP contribution in [0.5, 0.6) is 0 Å². The Morgan fingerprint density at radius 1 is 1.71 bits per heavy atom. The summed E-state index contributed by atoms with van der Waals surface area (Å²) in [7, 11) is 2.07. The van der Waals surface area contributed by atoms with E-state index in [1.165, 1.54) is 5.71 Å². The first-order valence-electron chi connectivity index (χ1n) is 2.47. The fraction of sp³-hybridized carbons (Fsp3) is 0.800. The fourth-order valence-electron chi connectivity index (χ4n) is 0.732. The van der Waals surface area contributed by atoms with Crippen LogP contribution in [-0.2, 0) is 0 Å². The fourth-order valence-corrected chi connectivity index (χ4v) is 0.732. The zero-order chi connectivity index (χ0) is 5.28. The Hall–Kier alpha value is -0.370. The third-order valence-electron chi connectivity index (χ3n) is 1.08. The number of hydrogen-bond acceptors (Lipinski definition) is 2. The Morgan fingerprint density at radius 2 is 2.43 bits per heavy atom. The van der Waals surface area contributed by atoms with Crippen molar-refractivity contribution in [2.75, 3.05) is 20.3 Å². The molecule has 0 spiro atoms. The van der Waals surface area contributed by atoms with E-state index in [4.69, 9.17) is 0 Å². The maximum Gasteiger partial charge on any atom is 0.0910 e. The van der Waals surface area contributed by atoms with E-state index in [1.54, 1.807) is 0 Å². The maximum atomic E-state index is 4.16. The summed E-state index contributed by atoms with van der Waals surface area (Å²) in [6.45, 7) is 4.01. The summed E-state index contributed by atoms with van der Waals surface area (Å²) < 4.78 is 0. The van der Waals surface area contributed by atoms with Crippen LogP contribution in [-0.4, -0.2) is 30.9 Å². The lowest BCUT2D eigenvalue weighted by atomic mass is 10.4. The normalized spacial score (nSPS) is 22.9. The van der Waals surface area contributed by atoms with E-state index >= 15 is 0 Å². The van der Waals surface area contributed by atoms with Gasteiger partial charge in [-0.15, -0.1) is 0 Å². The summed E-state index contributed by atoms with van der Waals surface area (Å²) in [5, 5.41) is 0. The molecule has 1 heterocycles. The molecule has 2 heteroatoms. The van der Waals surface area contributed by atoms with Crippen molar-refractivity contribution in [3.63, 3.8) is 0 Å². The molecule has 0 aliphatic carbocycles. The van der Waals surface area contributed by atoms with E-state index in [9.17, 15) is 0 Å². The monoisotopic (exact) mass is 98.1 g/mol. The molecule has 0 amide bonds. The maximum absolute atomic E-state index is 4.16. The lowest BCUT2D eigenvalue weighted by molar-refractivity contribution is 0.421. The van der Waals surface area contributed by atoms with E-state index in [-0.39, 0.29) is 0 Å². The highest BCUT2D eigenvalue weighted by atomic mass is 15.2. The zero-order valence-corrected chi connectivity index (χ0v) is 4.81. The van der Waals surface area contributed by atoms with E-state index in [1.807, 2.05) is 0 Å². The SMILES string of the molecule is CC1=NCN(C)C1. The molecule has 0 saturated carbocycles. The highest BCUT2D eigenvalue weighted by molar-refractivity contribution is 5.85. The Labute approximate surface area is 43.8 Å². The number of rotatable bonds is 0. The van der Waals surface area contributed by atoms with Gasteiger partial charge in [-0.05, 0) is 14.0 Å². The molecule has 40 valence electrons. The molecule has 0 atom stereocenters. The van der Waals surface area contributed by atoms with Crippen LogP contribution in [0.25, 0.3) is 0 Å². The molecule has 0 N–H and O–H groups in total. The summed E-state index contributed by atoms with van der Waals surface area (Å²) in [4.78, 5) is 6.34. The minimum atomic E-state index is 0.895. The third kappa shape index (κ3) is 0.996. The van der Waals surface area contributed by atoms with Gasteiger partial charge in [0.1, 0.15) is 0 Å². The first-order valence-corrected chi connectivity index (χ1v) is 2.47. The highest BCUT2D eigenvalue weighted by Crippen LogP contribution is 1.93. The Morgan fingerprint density at radius 3 is 2.57 bits per heavy atom. The van der Waals surface area contributed by atoms with Gasteiger partial charge in [-0.25, -0.2) is 0 Å². The second-order valence-electron chi connectivity index (χ2n) is 2.05. The van der Waals surface area contributed by atoms with Gasteiger partial charge in [0.15, 0.2) is 0 Å². The summed E-state index contributed by atoms with van der Waals surface area (Å²) in [5.74, 6) is 0. The Balaban J connectivity index is 2.42. The molecule has 7 heavy (non-hydrogen) atoms. The molecule has 2 nitrogen and oxygen atoms in total. The van der Waals surface area contributed by atoms with Gasteiger partial charge in [0.25, 0.3) is 0 Å². The van der Waals surface area contributed by atoms with Gasteiger partial charge in [-0.1, -0.05) is 0 Å². The smallest absolute Gasteiger partial charge is 0.0910 e. The first kappa shape index (κ1) is 4.78. The van der Waals surface area contributed by atoms with Crippen LogP contribution >= 0.6 is 0 Å². The average molecular weight is 98.1 g/mol. The third-order valence-corrected chi connectivity index (χ3v) is 1.08. The van der Waals surface area contributed by atoms with Gasteiger partial charge in [0.05, 0.1) is 6.67 Å². The second kappa shape index (κ2) is 1.62. The molecule has 0 aromatic carbocycles. The van der Waals surface area contributed by atoms with Crippen molar-refractivity contribution in [3.8, 4) is 0 Å². The molecule has 0 aromatic heterocycles. The van der Waals surface area contributed by atoms with Gasteiger partial charge in [-0.2, -0.15) is 0 Å². The topological polar surface area (TPSA) is 15.6 Å². The second-order valence-corrected chi connectivity index (χ2v) is 2.05. The van der Waals surface area contributed by atoms with Crippen LogP contribution in [0, 0.1) is 0 Å². The van der Waals surface area contributed by atoms with E-state index in [0.29, 0.717) is 0 Å². The van der Waals surface area contributed by atoms with Crippen LogP contribution in [0.4, 0.5) is 0 Å². The van der Waals surface area contributed by atoms with Crippen molar-refractivity contribution in [2.45, 2.75) is 6.92 Å². The average Bonchev–Trinajstić information content (AvgIpc) is 1.87. The molecular formula is C5H10N2. The summed E-state index contributed by atoms with van der Waals surface area (Å²) in [6.07, 6.45) is 0. The van der Waals surface area contributed by atoms with Crippen LogP contribution in [0.3, 0.4) is 0 Å². The van der Waals surface area contributed by atoms with Crippen LogP contribution < -0.4 is 0 Å². The standard InChI is InChI=1S/C5H10N2/c1-5-3-7(2)4-6-5/h3-4H2,1-2H3. The van der Waals surface area contributed by atoms with Crippen molar-refractivity contribution in [1.29, 1.82) is 0 Å². The lowest BCUT2D eigenvalue weighted by Gasteiger charge is -2.01. The molecule has 1 aliphatic rings. The van der Waals surface area contributed by atoms with Crippen molar-refractivity contribution >= 4 is 5.71 Å². The van der Waals surface area contributed by atoms with Gasteiger partial charge in [-0.3, -0.25) is 9.89 Å². The van der Waals surface area contributed by atoms with Crippen molar-refractivity contribution in [2.24, 2.45) is 4.99 Å². The van der Waals surface area contributed by atoms with Crippen molar-refractivity contribution < 1.29 is 0 Å². The van der Waals surface area contributed by atoms with E-state index in [2.05, 4.69) is 23.9 Å². The molecule has 0 radical (unpaired) electrons. The quantitative estimate of drug-likeness (QED) is 0.427. The number of nitrogens with zero attached hydrogens (tertiary/aromatic N) is 2. The van der Waals surface area contributed by atoms with Crippen LogP contribution in [0.1, 0.15) is 6.92 Å². The summed E-state index contributed by atoms with van der Waals surface area (Å²) in [5.41, 5.74) is 1.25. The molecular weight excluding hydrogens is 88.1 g/mol. The lowest BCUT2D eigenvalue weighted by Crippen LogP contribution is -2.15. The van der Waals surface area contributed by atoms with Crippen molar-refractivity contribution in [1.82, 2.24) is 4.90 Å². The molecule has 0 fully saturated rings. The predicted molar refractivity (Wildman–Crippen MR) is 30.6 cm³/mol. The molecule has 0 saturated heterocycles. The van der Waals surface area contributed by atoms with E-state index < -0.39 is 0 Å². The van der Waals surface area contributed by atoms with Gasteiger partial charge in [0, 0.05) is 12.3 Å². The Bertz CT molecular complexity index is 96.3. The first-order chi connectivity index (χ1) is 3.29. The van der Waals surface area contributed by atoms with Gasteiger partial charge >= 0.3 is 0 Å². The van der Waals surface area contributed by atoms with Gasteiger partial charge < -0.3 is 0 Å². The van der Waals surface area contributed by atoms with E-state index in [0.717, 1.165) is 13.2 Å². The molecule has 0 unspecified atom stereocenters. The zero-order valence-electron chi connectivity index (χ0n) is 4.81. The summed E-state index contributed by atoms with van der Waals surface area (Å²) in [6, 6.07) is 0. The molecule has 0 aromatic rings. The predicted octanol–water partition coefficient (Wildman–Crippen LogP) is 0.350. The molecule has 1 rings (SSSR count).